The van der Waals surface area contributed by atoms with Crippen LogP contribution in [-0.4, -0.2) is 69.4 Å². The van der Waals surface area contributed by atoms with Gasteiger partial charge in [0, 0.05) is 25.7 Å². The van der Waals surface area contributed by atoms with Crippen LogP contribution >= 0.6 is 0 Å². The maximum Gasteiger partial charge on any atom is 0.435 e. The molecular formula is C22H25F4N7O3. The number of imidazole rings is 1. The summed E-state index contributed by atoms with van der Waals surface area (Å²) in [5.74, 6) is -1.77. The molecular weight excluding hydrogens is 486 g/mol. The zero-order valence-electron chi connectivity index (χ0n) is 19.8. The third-order valence-electron chi connectivity index (χ3n) is 4.98. The van der Waals surface area contributed by atoms with Crippen molar-refractivity contribution in [1.29, 1.82) is 0 Å². The highest BCUT2D eigenvalue weighted by Crippen LogP contribution is 2.24. The number of hydrogen-bond acceptors (Lipinski definition) is 7. The number of pyridine rings is 1. The number of carbonyl (C=O) groups excluding carboxylic acids is 2. The minimum absolute atomic E-state index is 0.00357. The minimum Gasteiger partial charge on any atom is -0.377 e. The Balaban J connectivity index is 1.65. The number of aromatic nitrogens is 3. The van der Waals surface area contributed by atoms with Crippen molar-refractivity contribution < 1.29 is 31.9 Å². The molecule has 1 aliphatic rings. The number of amides is 2. The summed E-state index contributed by atoms with van der Waals surface area (Å²) in [6.07, 6.45) is 0.216. The number of carbonyl (C=O) groups is 2. The molecule has 3 heterocycles. The standard InChI is InChI=1S/C22H25F4N7O3/c1-13(2)6-19(22(24,25)26)31-29-9-20(35)30-15-7-16(23)21(27-8-15)32-10-17(28-12-32)18-11-36-5-4-33(18)14(3)34/h6-8,10,12,18,29H,4-5,9,11H2,1-3H3,(H,30,35)/b31-19+. The zero-order valence-corrected chi connectivity index (χ0v) is 19.8. The first-order valence-electron chi connectivity index (χ1n) is 10.8. The van der Waals surface area contributed by atoms with Crippen LogP contribution in [0.3, 0.4) is 0 Å². The second kappa shape index (κ2) is 11.3. The van der Waals surface area contributed by atoms with Crippen molar-refractivity contribution in [3.8, 4) is 5.82 Å². The van der Waals surface area contributed by atoms with Gasteiger partial charge in [-0.1, -0.05) is 5.57 Å². The number of anilines is 1. The van der Waals surface area contributed by atoms with Crippen LogP contribution in [0.25, 0.3) is 5.82 Å². The summed E-state index contributed by atoms with van der Waals surface area (Å²) in [5.41, 5.74) is 1.76. The molecule has 2 N–H and O–H groups in total. The summed E-state index contributed by atoms with van der Waals surface area (Å²) in [4.78, 5) is 33.8. The summed E-state index contributed by atoms with van der Waals surface area (Å²) in [7, 11) is 0. The van der Waals surface area contributed by atoms with Gasteiger partial charge in [-0.2, -0.15) is 18.3 Å². The predicted octanol–water partition coefficient (Wildman–Crippen LogP) is 2.74. The van der Waals surface area contributed by atoms with Crippen molar-refractivity contribution in [2.75, 3.05) is 31.6 Å². The second-order valence-corrected chi connectivity index (χ2v) is 8.14. The first-order chi connectivity index (χ1) is 17.0. The molecule has 3 rings (SSSR count). The first-order valence-corrected chi connectivity index (χ1v) is 10.8. The Hall–Kier alpha value is -3.81. The molecule has 0 bridgehead atoms. The van der Waals surface area contributed by atoms with Crippen molar-refractivity contribution in [2.24, 2.45) is 5.10 Å². The topological polar surface area (TPSA) is 114 Å². The van der Waals surface area contributed by atoms with Crippen molar-refractivity contribution in [3.05, 3.63) is 47.9 Å². The van der Waals surface area contributed by atoms with Gasteiger partial charge in [-0.3, -0.25) is 14.2 Å². The van der Waals surface area contributed by atoms with Gasteiger partial charge in [-0.05, 0) is 19.9 Å². The lowest BCUT2D eigenvalue weighted by atomic mass is 10.1. The molecule has 194 valence electrons. The number of halogens is 4. The highest BCUT2D eigenvalue weighted by molar-refractivity contribution is 6.00. The van der Waals surface area contributed by atoms with E-state index in [0.29, 0.717) is 24.4 Å². The smallest absolute Gasteiger partial charge is 0.377 e. The number of allylic oxidation sites excluding steroid dienone is 2. The van der Waals surface area contributed by atoms with Gasteiger partial charge in [-0.15, -0.1) is 0 Å². The van der Waals surface area contributed by atoms with Crippen LogP contribution in [0.15, 0.2) is 41.5 Å². The summed E-state index contributed by atoms with van der Waals surface area (Å²) < 4.78 is 60.3. The molecule has 0 aromatic carbocycles. The van der Waals surface area contributed by atoms with Crippen molar-refractivity contribution in [2.45, 2.75) is 33.0 Å². The molecule has 1 aliphatic heterocycles. The number of rotatable bonds is 7. The fraction of sp³-hybridized carbons (Fsp3) is 0.409. The lowest BCUT2D eigenvalue weighted by molar-refractivity contribution is -0.137. The maximum atomic E-state index is 14.7. The van der Waals surface area contributed by atoms with Crippen molar-refractivity contribution in [3.63, 3.8) is 0 Å². The second-order valence-electron chi connectivity index (χ2n) is 8.14. The van der Waals surface area contributed by atoms with E-state index in [1.807, 2.05) is 0 Å². The number of hydrazone groups is 1. The lowest BCUT2D eigenvalue weighted by Gasteiger charge is -2.33. The summed E-state index contributed by atoms with van der Waals surface area (Å²) in [5, 5.41) is 5.55. The van der Waals surface area contributed by atoms with Gasteiger partial charge in [0.25, 0.3) is 0 Å². The van der Waals surface area contributed by atoms with Crippen LogP contribution in [0.5, 0.6) is 0 Å². The first kappa shape index (κ1) is 26.8. The maximum absolute atomic E-state index is 14.7. The minimum atomic E-state index is -4.69. The molecule has 2 amide bonds. The molecule has 0 radical (unpaired) electrons. The van der Waals surface area contributed by atoms with Crippen LogP contribution in [-0.2, 0) is 14.3 Å². The molecule has 0 spiro atoms. The number of hydrogen-bond donors (Lipinski definition) is 2. The molecule has 1 unspecified atom stereocenters. The Morgan fingerprint density at radius 2 is 2.03 bits per heavy atom. The Morgan fingerprint density at radius 1 is 1.28 bits per heavy atom. The largest absolute Gasteiger partial charge is 0.435 e. The zero-order chi connectivity index (χ0) is 26.5. The number of ether oxygens (including phenoxy) is 1. The molecule has 1 atom stereocenters. The van der Waals surface area contributed by atoms with Crippen LogP contribution < -0.4 is 10.7 Å². The van der Waals surface area contributed by atoms with Gasteiger partial charge in [-0.25, -0.2) is 14.4 Å². The fourth-order valence-corrected chi connectivity index (χ4v) is 3.39. The predicted molar refractivity (Wildman–Crippen MR) is 122 cm³/mol. The Kier molecular flexibility index (Phi) is 8.40. The summed E-state index contributed by atoms with van der Waals surface area (Å²) in [6.45, 7) is 4.92. The van der Waals surface area contributed by atoms with Crippen LogP contribution in [0.1, 0.15) is 32.5 Å². The average molecular weight is 511 g/mol. The van der Waals surface area contributed by atoms with Gasteiger partial charge < -0.3 is 20.4 Å². The van der Waals surface area contributed by atoms with Gasteiger partial charge in [0.1, 0.15) is 12.9 Å². The Labute approximate surface area is 204 Å². The number of nitrogens with one attached hydrogen (secondary N) is 2. The van der Waals surface area contributed by atoms with E-state index < -0.39 is 36.2 Å². The molecule has 0 saturated carbocycles. The number of alkyl halides is 3. The average Bonchev–Trinajstić information content (AvgIpc) is 3.27. The third kappa shape index (κ3) is 6.87. The molecule has 2 aromatic rings. The molecule has 2 aromatic heterocycles. The van der Waals surface area contributed by atoms with E-state index in [1.165, 1.54) is 44.1 Å². The summed E-state index contributed by atoms with van der Waals surface area (Å²) in [6, 6.07) is 0.600. The van der Waals surface area contributed by atoms with Gasteiger partial charge in [0.05, 0.1) is 36.8 Å². The summed E-state index contributed by atoms with van der Waals surface area (Å²) >= 11 is 0. The van der Waals surface area contributed by atoms with E-state index in [1.54, 1.807) is 4.90 Å². The van der Waals surface area contributed by atoms with E-state index >= 15 is 0 Å². The molecule has 36 heavy (non-hydrogen) atoms. The number of nitrogens with zero attached hydrogens (tertiary/aromatic N) is 5. The van der Waals surface area contributed by atoms with E-state index in [2.05, 4.69) is 25.8 Å². The normalized spacial score (nSPS) is 16.5. The third-order valence-corrected chi connectivity index (χ3v) is 4.98. The SMILES string of the molecule is CC(=O)N1CCOCC1c1cn(-c2ncc(NC(=O)CN/N=C(\C=C(C)C)C(F)(F)F)cc2F)cn1. The van der Waals surface area contributed by atoms with E-state index in [-0.39, 0.29) is 24.0 Å². The Bertz CT molecular complexity index is 1170. The van der Waals surface area contributed by atoms with Gasteiger partial charge in [0.2, 0.25) is 11.8 Å². The van der Waals surface area contributed by atoms with Crippen LogP contribution in [0, 0.1) is 5.82 Å². The monoisotopic (exact) mass is 511 g/mol. The van der Waals surface area contributed by atoms with E-state index in [0.717, 1.165) is 12.1 Å². The van der Waals surface area contributed by atoms with E-state index in [4.69, 9.17) is 4.74 Å². The van der Waals surface area contributed by atoms with Crippen molar-refractivity contribution in [1.82, 2.24) is 24.9 Å². The highest BCUT2D eigenvalue weighted by Gasteiger charge is 2.34. The quantitative estimate of drug-likeness (QED) is 0.336. The molecule has 1 fully saturated rings. The van der Waals surface area contributed by atoms with Gasteiger partial charge in [0.15, 0.2) is 17.3 Å². The fourth-order valence-electron chi connectivity index (χ4n) is 3.39. The Morgan fingerprint density at radius 3 is 2.67 bits per heavy atom. The van der Waals surface area contributed by atoms with Crippen LogP contribution in [0.2, 0.25) is 0 Å². The van der Waals surface area contributed by atoms with E-state index in [9.17, 15) is 27.2 Å². The molecule has 10 nitrogen and oxygen atoms in total. The lowest BCUT2D eigenvalue weighted by Crippen LogP contribution is -2.42. The van der Waals surface area contributed by atoms with Gasteiger partial charge >= 0.3 is 6.18 Å². The van der Waals surface area contributed by atoms with Crippen LogP contribution in [0.4, 0.5) is 23.2 Å². The molecule has 14 heteroatoms. The molecule has 1 saturated heterocycles. The number of morpholine rings is 1. The molecule has 0 aliphatic carbocycles. The highest BCUT2D eigenvalue weighted by atomic mass is 19.4. The van der Waals surface area contributed by atoms with Crippen molar-refractivity contribution >= 4 is 23.2 Å².